The molecule has 2 fully saturated rings. The first-order valence-corrected chi connectivity index (χ1v) is 9.10. The maximum Gasteiger partial charge on any atom is 0.0446 e. The van der Waals surface area contributed by atoms with Crippen molar-refractivity contribution in [1.29, 1.82) is 0 Å². The second kappa shape index (κ2) is 6.76. The molecular weight excluding hydrogens is 268 g/mol. The van der Waals surface area contributed by atoms with E-state index in [0.717, 1.165) is 17.8 Å². The third-order valence-corrected chi connectivity index (χ3v) is 5.59. The highest BCUT2D eigenvalue weighted by molar-refractivity contribution is 5.78. The lowest BCUT2D eigenvalue weighted by molar-refractivity contribution is 0.711. The van der Waals surface area contributed by atoms with Crippen molar-refractivity contribution in [2.75, 3.05) is 11.5 Å². The maximum absolute atomic E-state index is 6.64. The molecule has 1 aromatic rings. The molecule has 0 saturated heterocycles. The van der Waals surface area contributed by atoms with Crippen LogP contribution in [0.5, 0.6) is 0 Å². The van der Waals surface area contributed by atoms with Crippen molar-refractivity contribution >= 4 is 17.5 Å². The lowest BCUT2D eigenvalue weighted by atomic mass is 9.85. The largest absolute Gasteiger partial charge is 0.398 e. The molecule has 0 aromatic heterocycles. The fraction of sp³-hybridized carbons (Fsp3) is 0.600. The molecule has 0 spiro atoms. The van der Waals surface area contributed by atoms with Crippen LogP contribution in [0.15, 0.2) is 12.1 Å². The van der Waals surface area contributed by atoms with Crippen molar-refractivity contribution in [3.63, 3.8) is 0 Å². The number of nitrogen functional groups attached to an aromatic ring is 2. The van der Waals surface area contributed by atoms with Crippen LogP contribution >= 0.6 is 0 Å². The minimum absolute atomic E-state index is 0.575. The molecule has 4 N–H and O–H groups in total. The Morgan fingerprint density at radius 2 is 1.59 bits per heavy atom. The second-order valence-electron chi connectivity index (χ2n) is 7.07. The molecule has 0 heterocycles. The van der Waals surface area contributed by atoms with Gasteiger partial charge in [-0.25, -0.2) is 0 Å². The average molecular weight is 298 g/mol. The highest BCUT2D eigenvalue weighted by atomic mass is 14.6. The molecule has 0 radical (unpaired) electrons. The quantitative estimate of drug-likeness (QED) is 0.712. The lowest BCUT2D eigenvalue weighted by Crippen LogP contribution is -2.10. The van der Waals surface area contributed by atoms with Crippen molar-refractivity contribution in [3.8, 4) is 0 Å². The van der Waals surface area contributed by atoms with Crippen LogP contribution in [0, 0.1) is 0 Å². The molecule has 0 aliphatic heterocycles. The summed E-state index contributed by atoms with van der Waals surface area (Å²) in [5.74, 6) is 1.23. The van der Waals surface area contributed by atoms with Gasteiger partial charge in [0.25, 0.3) is 0 Å². The number of hydrogen-bond donors (Lipinski definition) is 2. The Morgan fingerprint density at radius 1 is 1.00 bits per heavy atom. The topological polar surface area (TPSA) is 52.0 Å². The first kappa shape index (κ1) is 15.5. The van der Waals surface area contributed by atoms with Gasteiger partial charge < -0.3 is 11.5 Å². The molecule has 0 bridgehead atoms. The van der Waals surface area contributed by atoms with Gasteiger partial charge in [0.05, 0.1) is 0 Å². The highest BCUT2D eigenvalue weighted by Crippen LogP contribution is 2.46. The number of benzene rings is 1. The summed E-state index contributed by atoms with van der Waals surface area (Å²) in [6.45, 7) is 2.18. The number of nitrogens with two attached hydrogens (primary N) is 2. The van der Waals surface area contributed by atoms with Crippen LogP contribution in [-0.2, 0) is 0 Å². The second-order valence-corrected chi connectivity index (χ2v) is 7.07. The van der Waals surface area contributed by atoms with E-state index in [9.17, 15) is 0 Å². The molecule has 120 valence electrons. The van der Waals surface area contributed by atoms with Gasteiger partial charge >= 0.3 is 0 Å². The zero-order valence-electron chi connectivity index (χ0n) is 13.9. The van der Waals surface area contributed by atoms with E-state index in [0.29, 0.717) is 11.8 Å². The van der Waals surface area contributed by atoms with Crippen molar-refractivity contribution in [1.82, 2.24) is 0 Å². The van der Waals surface area contributed by atoms with Crippen molar-refractivity contribution in [3.05, 3.63) is 28.8 Å². The Kier molecular flexibility index (Phi) is 4.75. The third kappa shape index (κ3) is 2.88. The SMILES string of the molecule is CCC=Cc1c(C2CCCC2)cc(N)c(C2CCCC2)c1N. The maximum atomic E-state index is 6.64. The minimum atomic E-state index is 0.575. The number of rotatable bonds is 4. The normalized spacial score (nSPS) is 20.4. The van der Waals surface area contributed by atoms with Crippen molar-refractivity contribution < 1.29 is 0 Å². The van der Waals surface area contributed by atoms with Gasteiger partial charge in [-0.1, -0.05) is 44.8 Å². The van der Waals surface area contributed by atoms with Gasteiger partial charge in [-0.15, -0.1) is 0 Å². The van der Waals surface area contributed by atoms with Crippen LogP contribution < -0.4 is 11.5 Å². The Bertz CT molecular complexity index is 547. The monoisotopic (exact) mass is 298 g/mol. The smallest absolute Gasteiger partial charge is 0.0446 e. The molecule has 1 aromatic carbocycles. The van der Waals surface area contributed by atoms with Crippen LogP contribution in [0.3, 0.4) is 0 Å². The first-order valence-electron chi connectivity index (χ1n) is 9.10. The van der Waals surface area contributed by atoms with Gasteiger partial charge in [0.1, 0.15) is 0 Å². The van der Waals surface area contributed by atoms with Crippen LogP contribution in [0.1, 0.15) is 93.2 Å². The Hall–Kier alpha value is -1.44. The molecule has 2 saturated carbocycles. The molecule has 0 amide bonds. The minimum Gasteiger partial charge on any atom is -0.398 e. The predicted octanol–water partition coefficient (Wildman–Crippen LogP) is 5.59. The summed E-state index contributed by atoms with van der Waals surface area (Å²) in [6.07, 6.45) is 15.9. The molecule has 0 atom stereocenters. The molecule has 3 rings (SSSR count). The Labute approximate surface area is 135 Å². The van der Waals surface area contributed by atoms with E-state index in [1.165, 1.54) is 68.1 Å². The molecule has 22 heavy (non-hydrogen) atoms. The summed E-state index contributed by atoms with van der Waals surface area (Å²) in [5.41, 5.74) is 18.9. The zero-order valence-corrected chi connectivity index (χ0v) is 13.9. The van der Waals surface area contributed by atoms with E-state index in [4.69, 9.17) is 11.5 Å². The van der Waals surface area contributed by atoms with Crippen LogP contribution in [-0.4, -0.2) is 0 Å². The molecule has 2 aliphatic carbocycles. The summed E-state index contributed by atoms with van der Waals surface area (Å²) in [6, 6.07) is 2.26. The van der Waals surface area contributed by atoms with Crippen LogP contribution in [0.4, 0.5) is 11.4 Å². The summed E-state index contributed by atoms with van der Waals surface area (Å²) in [4.78, 5) is 0. The third-order valence-electron chi connectivity index (χ3n) is 5.59. The highest BCUT2D eigenvalue weighted by Gasteiger charge is 2.27. The van der Waals surface area contributed by atoms with Crippen molar-refractivity contribution in [2.24, 2.45) is 0 Å². The van der Waals surface area contributed by atoms with E-state index in [1.54, 1.807) is 0 Å². The van der Waals surface area contributed by atoms with Gasteiger partial charge in [0.2, 0.25) is 0 Å². The number of hydrogen-bond acceptors (Lipinski definition) is 2. The average Bonchev–Trinajstić information content (AvgIpc) is 3.19. The van der Waals surface area contributed by atoms with Crippen molar-refractivity contribution in [2.45, 2.75) is 76.5 Å². The van der Waals surface area contributed by atoms with E-state index in [1.807, 2.05) is 0 Å². The van der Waals surface area contributed by atoms with Gasteiger partial charge in [0.15, 0.2) is 0 Å². The van der Waals surface area contributed by atoms with Crippen LogP contribution in [0.25, 0.3) is 6.08 Å². The van der Waals surface area contributed by atoms with E-state index in [-0.39, 0.29) is 0 Å². The van der Waals surface area contributed by atoms with E-state index < -0.39 is 0 Å². The van der Waals surface area contributed by atoms with Gasteiger partial charge in [-0.2, -0.15) is 0 Å². The summed E-state index contributed by atoms with van der Waals surface area (Å²) in [7, 11) is 0. The standard InChI is InChI=1S/C20H30N2/c1-2-3-12-16-17(14-8-4-5-9-14)13-18(21)19(20(16)22)15-10-6-7-11-15/h3,12-15H,2,4-11,21-22H2,1H3. The molecule has 2 aliphatic rings. The van der Waals surface area contributed by atoms with E-state index in [2.05, 4.69) is 25.1 Å². The number of allylic oxidation sites excluding steroid dienone is 1. The van der Waals surface area contributed by atoms with Gasteiger partial charge in [0, 0.05) is 22.5 Å². The predicted molar refractivity (Wildman–Crippen MR) is 97.0 cm³/mol. The first-order chi connectivity index (χ1) is 10.7. The fourth-order valence-electron chi connectivity index (χ4n) is 4.45. The van der Waals surface area contributed by atoms with Crippen LogP contribution in [0.2, 0.25) is 0 Å². The fourth-order valence-corrected chi connectivity index (χ4v) is 4.45. The number of anilines is 2. The molecule has 2 nitrogen and oxygen atoms in total. The lowest BCUT2D eigenvalue weighted by Gasteiger charge is -2.23. The summed E-state index contributed by atoms with van der Waals surface area (Å²) >= 11 is 0. The van der Waals surface area contributed by atoms with E-state index >= 15 is 0 Å². The van der Waals surface area contributed by atoms with Gasteiger partial charge in [-0.3, -0.25) is 0 Å². The Morgan fingerprint density at radius 3 is 2.18 bits per heavy atom. The molecular formula is C20H30N2. The Balaban J connectivity index is 2.07. The molecule has 0 unspecified atom stereocenters. The molecule has 2 heteroatoms. The summed E-state index contributed by atoms with van der Waals surface area (Å²) < 4.78 is 0. The summed E-state index contributed by atoms with van der Waals surface area (Å²) in [5, 5.41) is 0. The zero-order chi connectivity index (χ0) is 15.5. The van der Waals surface area contributed by atoms with Gasteiger partial charge in [-0.05, 0) is 55.6 Å².